The van der Waals surface area contributed by atoms with Gasteiger partial charge in [-0.1, -0.05) is 12.5 Å². The fraction of sp³-hybridized carbons (Fsp3) is 0.571. The van der Waals surface area contributed by atoms with E-state index in [4.69, 9.17) is 5.73 Å². The maximum absolute atomic E-state index is 13.3. The van der Waals surface area contributed by atoms with Crippen LogP contribution in [0.4, 0.5) is 4.39 Å². The number of nitrogens with one attached hydrogen (secondary N) is 1. The van der Waals surface area contributed by atoms with Gasteiger partial charge in [-0.3, -0.25) is 0 Å². The molecule has 1 atom stereocenters. The van der Waals surface area contributed by atoms with E-state index in [9.17, 15) is 12.8 Å². The van der Waals surface area contributed by atoms with Gasteiger partial charge in [0.1, 0.15) is 5.82 Å². The molecule has 1 saturated heterocycles. The van der Waals surface area contributed by atoms with Gasteiger partial charge in [-0.2, -0.15) is 0 Å². The van der Waals surface area contributed by atoms with Crippen LogP contribution in [0.2, 0.25) is 0 Å². The number of benzene rings is 1. The molecule has 0 radical (unpaired) electrons. The number of sulfonamides is 1. The lowest BCUT2D eigenvalue weighted by molar-refractivity contribution is 0.187. The fourth-order valence-electron chi connectivity index (χ4n) is 2.63. The number of hydrogen-bond donors (Lipinski definition) is 2. The average Bonchev–Trinajstić information content (AvgIpc) is 2.46. The third-order valence-corrected chi connectivity index (χ3v) is 5.47. The molecule has 1 fully saturated rings. The van der Waals surface area contributed by atoms with Crippen molar-refractivity contribution >= 4 is 10.0 Å². The molecule has 1 unspecified atom stereocenters. The van der Waals surface area contributed by atoms with E-state index in [0.717, 1.165) is 31.9 Å². The molecule has 1 aromatic carbocycles. The summed E-state index contributed by atoms with van der Waals surface area (Å²) in [5.41, 5.74) is 5.95. The molecule has 5 nitrogen and oxygen atoms in total. The molecular weight excluding hydrogens is 293 g/mol. The Hall–Kier alpha value is -1.02. The summed E-state index contributed by atoms with van der Waals surface area (Å²) in [5, 5.41) is 0. The molecule has 0 spiro atoms. The quantitative estimate of drug-likeness (QED) is 0.851. The van der Waals surface area contributed by atoms with E-state index in [0.29, 0.717) is 12.1 Å². The number of likely N-dealkylation sites (N-methyl/N-ethyl adjacent to an activating group) is 1. The van der Waals surface area contributed by atoms with Gasteiger partial charge in [-0.05, 0) is 44.1 Å². The molecule has 21 heavy (non-hydrogen) atoms. The number of nitrogens with zero attached hydrogens (tertiary/aromatic N) is 1. The summed E-state index contributed by atoms with van der Waals surface area (Å²) < 4.78 is 40.6. The number of rotatable bonds is 5. The van der Waals surface area contributed by atoms with E-state index >= 15 is 0 Å². The molecule has 0 saturated carbocycles. The standard InChI is InChI=1S/C14H22FN3O2S/c1-18-7-3-2-4-13(18)10-17-21(19,20)14-8-12(15)6-5-11(14)9-16/h5-6,8,13,17H,2-4,7,9-10,16H2,1H3. The van der Waals surface area contributed by atoms with Gasteiger partial charge in [0.15, 0.2) is 0 Å². The Morgan fingerprint density at radius 3 is 2.86 bits per heavy atom. The Labute approximate surface area is 125 Å². The van der Waals surface area contributed by atoms with Crippen LogP contribution in [-0.2, 0) is 16.6 Å². The summed E-state index contributed by atoms with van der Waals surface area (Å²) in [4.78, 5) is 2.09. The van der Waals surface area contributed by atoms with Crippen molar-refractivity contribution in [3.63, 3.8) is 0 Å². The molecule has 2 rings (SSSR count). The highest BCUT2D eigenvalue weighted by Crippen LogP contribution is 2.18. The number of halogens is 1. The van der Waals surface area contributed by atoms with Gasteiger partial charge in [-0.15, -0.1) is 0 Å². The molecule has 0 bridgehead atoms. The molecule has 1 aliphatic rings. The summed E-state index contributed by atoms with van der Waals surface area (Å²) in [6.07, 6.45) is 3.21. The van der Waals surface area contributed by atoms with Crippen LogP contribution in [-0.4, -0.2) is 39.5 Å². The van der Waals surface area contributed by atoms with Gasteiger partial charge in [0, 0.05) is 19.1 Å². The van der Waals surface area contributed by atoms with E-state index < -0.39 is 15.8 Å². The summed E-state index contributed by atoms with van der Waals surface area (Å²) in [5.74, 6) is -0.581. The van der Waals surface area contributed by atoms with Gasteiger partial charge >= 0.3 is 0 Å². The molecule has 0 amide bonds. The Kier molecular flexibility index (Phi) is 5.32. The fourth-order valence-corrected chi connectivity index (χ4v) is 3.96. The van der Waals surface area contributed by atoms with Crippen LogP contribution >= 0.6 is 0 Å². The molecule has 1 aliphatic heterocycles. The van der Waals surface area contributed by atoms with Crippen molar-refractivity contribution in [2.24, 2.45) is 5.73 Å². The van der Waals surface area contributed by atoms with Crippen molar-refractivity contribution in [3.05, 3.63) is 29.6 Å². The molecule has 7 heteroatoms. The van der Waals surface area contributed by atoms with Gasteiger partial charge in [0.25, 0.3) is 0 Å². The number of nitrogens with two attached hydrogens (primary N) is 1. The number of hydrogen-bond acceptors (Lipinski definition) is 4. The normalized spacial score (nSPS) is 20.6. The molecule has 0 aliphatic carbocycles. The highest BCUT2D eigenvalue weighted by molar-refractivity contribution is 7.89. The van der Waals surface area contributed by atoms with Crippen molar-refractivity contribution in [1.82, 2.24) is 9.62 Å². The van der Waals surface area contributed by atoms with Crippen LogP contribution in [0.1, 0.15) is 24.8 Å². The van der Waals surface area contributed by atoms with E-state index in [2.05, 4.69) is 9.62 Å². The van der Waals surface area contributed by atoms with Crippen LogP contribution in [0.5, 0.6) is 0 Å². The first-order valence-electron chi connectivity index (χ1n) is 7.12. The molecule has 3 N–H and O–H groups in total. The third kappa shape index (κ3) is 4.00. The highest BCUT2D eigenvalue weighted by Gasteiger charge is 2.23. The minimum absolute atomic E-state index is 0.0554. The number of likely N-dealkylation sites (tertiary alicyclic amines) is 1. The van der Waals surface area contributed by atoms with Crippen LogP contribution in [0.25, 0.3) is 0 Å². The Morgan fingerprint density at radius 2 is 2.19 bits per heavy atom. The Morgan fingerprint density at radius 1 is 1.43 bits per heavy atom. The molecular formula is C14H22FN3O2S. The lowest BCUT2D eigenvalue weighted by Gasteiger charge is -2.32. The minimum atomic E-state index is -3.75. The van der Waals surface area contributed by atoms with Gasteiger partial charge in [0.05, 0.1) is 4.90 Å². The lowest BCUT2D eigenvalue weighted by Crippen LogP contribution is -2.44. The van der Waals surface area contributed by atoms with Crippen LogP contribution in [0.3, 0.4) is 0 Å². The zero-order valence-electron chi connectivity index (χ0n) is 12.2. The predicted octanol–water partition coefficient (Wildman–Crippen LogP) is 1.05. The lowest BCUT2D eigenvalue weighted by atomic mass is 10.0. The smallest absolute Gasteiger partial charge is 0.241 e. The first-order chi connectivity index (χ1) is 9.94. The first-order valence-corrected chi connectivity index (χ1v) is 8.61. The molecule has 1 aromatic rings. The third-order valence-electron chi connectivity index (χ3n) is 3.97. The SMILES string of the molecule is CN1CCCCC1CNS(=O)(=O)c1cc(F)ccc1CN. The van der Waals surface area contributed by atoms with Crippen LogP contribution < -0.4 is 10.5 Å². The largest absolute Gasteiger partial charge is 0.326 e. The van der Waals surface area contributed by atoms with Crippen LogP contribution in [0.15, 0.2) is 23.1 Å². The molecule has 0 aromatic heterocycles. The van der Waals surface area contributed by atoms with Crippen molar-refractivity contribution in [1.29, 1.82) is 0 Å². The number of piperidine rings is 1. The molecule has 118 valence electrons. The highest BCUT2D eigenvalue weighted by atomic mass is 32.2. The minimum Gasteiger partial charge on any atom is -0.326 e. The van der Waals surface area contributed by atoms with Gasteiger partial charge in [0.2, 0.25) is 10.0 Å². The van der Waals surface area contributed by atoms with Crippen molar-refractivity contribution in [2.75, 3.05) is 20.1 Å². The van der Waals surface area contributed by atoms with Crippen molar-refractivity contribution in [3.8, 4) is 0 Å². The van der Waals surface area contributed by atoms with E-state index in [-0.39, 0.29) is 17.5 Å². The predicted molar refractivity (Wildman–Crippen MR) is 79.7 cm³/mol. The Balaban J connectivity index is 2.13. The second-order valence-corrected chi connectivity index (χ2v) is 7.17. The zero-order chi connectivity index (χ0) is 15.5. The summed E-state index contributed by atoms with van der Waals surface area (Å²) in [6.45, 7) is 1.36. The van der Waals surface area contributed by atoms with Crippen molar-refractivity contribution < 1.29 is 12.8 Å². The summed E-state index contributed by atoms with van der Waals surface area (Å²) in [7, 11) is -1.75. The second-order valence-electron chi connectivity index (χ2n) is 5.44. The topological polar surface area (TPSA) is 75.4 Å². The zero-order valence-corrected chi connectivity index (χ0v) is 13.0. The second kappa shape index (κ2) is 6.83. The van der Waals surface area contributed by atoms with E-state index in [1.807, 2.05) is 7.05 Å². The summed E-state index contributed by atoms with van der Waals surface area (Å²) in [6, 6.07) is 3.84. The Bertz CT molecular complexity index is 592. The van der Waals surface area contributed by atoms with Crippen LogP contribution in [0, 0.1) is 5.82 Å². The molecule has 1 heterocycles. The maximum Gasteiger partial charge on any atom is 0.241 e. The van der Waals surface area contributed by atoms with Gasteiger partial charge in [-0.25, -0.2) is 17.5 Å². The van der Waals surface area contributed by atoms with E-state index in [1.54, 1.807) is 0 Å². The van der Waals surface area contributed by atoms with Crippen molar-refractivity contribution in [2.45, 2.75) is 36.7 Å². The van der Waals surface area contributed by atoms with E-state index in [1.165, 1.54) is 12.1 Å². The maximum atomic E-state index is 13.3. The first kappa shape index (κ1) is 16.4. The monoisotopic (exact) mass is 315 g/mol. The summed E-state index contributed by atoms with van der Waals surface area (Å²) >= 11 is 0. The van der Waals surface area contributed by atoms with Gasteiger partial charge < -0.3 is 10.6 Å². The average molecular weight is 315 g/mol.